The lowest BCUT2D eigenvalue weighted by Gasteiger charge is -2.39. The number of carbonyl (C=O) groups excluding carboxylic acids is 2. The number of fused-ring (bicyclic) bond motifs is 1. The Hall–Kier alpha value is -2.13. The Morgan fingerprint density at radius 1 is 1.23 bits per heavy atom. The average molecular weight is 441 g/mol. The van der Waals surface area contributed by atoms with Crippen molar-refractivity contribution in [2.75, 3.05) is 19.6 Å². The molecular formula is C21H33ClN4O4. The van der Waals surface area contributed by atoms with Crippen molar-refractivity contribution in [1.29, 1.82) is 0 Å². The highest BCUT2D eigenvalue weighted by molar-refractivity contribution is 6.30. The highest BCUT2D eigenvalue weighted by Gasteiger charge is 2.39. The smallest absolute Gasteiger partial charge is 0.271 e. The van der Waals surface area contributed by atoms with Crippen LogP contribution < -0.4 is 10.7 Å². The third-order valence-electron chi connectivity index (χ3n) is 4.34. The Morgan fingerprint density at radius 2 is 1.83 bits per heavy atom. The number of hydrazine groups is 1. The number of aliphatic hydroxyl groups is 2. The zero-order chi connectivity index (χ0) is 22.8. The van der Waals surface area contributed by atoms with Crippen molar-refractivity contribution in [3.63, 3.8) is 0 Å². The van der Waals surface area contributed by atoms with Crippen LogP contribution in [0.4, 0.5) is 0 Å². The number of aliphatic hydroxyl groups excluding tert-OH is 1. The molecule has 3 rings (SSSR count). The summed E-state index contributed by atoms with van der Waals surface area (Å²) in [6.45, 7) is 9.93. The molecular weight excluding hydrogens is 408 g/mol. The monoisotopic (exact) mass is 440 g/mol. The Labute approximate surface area is 183 Å². The van der Waals surface area contributed by atoms with Crippen molar-refractivity contribution in [3.8, 4) is 0 Å². The van der Waals surface area contributed by atoms with Gasteiger partial charge in [-0.25, -0.2) is 5.43 Å². The van der Waals surface area contributed by atoms with E-state index in [0.29, 0.717) is 17.3 Å². The fourth-order valence-electron chi connectivity index (χ4n) is 3.09. The summed E-state index contributed by atoms with van der Waals surface area (Å²) in [6.07, 6.45) is 0.219. The quantitative estimate of drug-likeness (QED) is 0.520. The third kappa shape index (κ3) is 6.70. The van der Waals surface area contributed by atoms with E-state index in [1.165, 1.54) is 4.90 Å². The second kappa shape index (κ2) is 12.5. The molecule has 0 saturated carbocycles. The van der Waals surface area contributed by atoms with Crippen LogP contribution in [0.25, 0.3) is 0 Å². The van der Waals surface area contributed by atoms with Gasteiger partial charge >= 0.3 is 0 Å². The van der Waals surface area contributed by atoms with E-state index in [1.807, 2.05) is 57.8 Å². The van der Waals surface area contributed by atoms with Gasteiger partial charge in [-0.15, -0.1) is 0 Å². The van der Waals surface area contributed by atoms with E-state index >= 15 is 0 Å². The summed E-state index contributed by atoms with van der Waals surface area (Å²) >= 11 is 5.92. The molecule has 9 heteroatoms. The molecule has 0 radical (unpaired) electrons. The van der Waals surface area contributed by atoms with E-state index in [4.69, 9.17) is 21.8 Å². The van der Waals surface area contributed by atoms with Gasteiger partial charge in [0.15, 0.2) is 6.29 Å². The lowest BCUT2D eigenvalue weighted by molar-refractivity contribution is -0.139. The predicted octanol–water partition coefficient (Wildman–Crippen LogP) is 1.80. The molecule has 4 N–H and O–H groups in total. The van der Waals surface area contributed by atoms with Gasteiger partial charge in [0.25, 0.3) is 5.91 Å². The largest absolute Gasteiger partial charge is 0.367 e. The zero-order valence-electron chi connectivity index (χ0n) is 18.2. The normalized spacial score (nSPS) is 19.9. The molecule has 168 valence electrons. The maximum Gasteiger partial charge on any atom is 0.271 e. The molecule has 2 atom stereocenters. The third-order valence-corrected chi connectivity index (χ3v) is 4.59. The second-order valence-electron chi connectivity index (χ2n) is 6.40. The molecule has 1 fully saturated rings. The van der Waals surface area contributed by atoms with Crippen LogP contribution in [0, 0.1) is 0 Å². The fourth-order valence-corrected chi connectivity index (χ4v) is 3.22. The lowest BCUT2D eigenvalue weighted by Crippen LogP contribution is -2.57. The van der Waals surface area contributed by atoms with Crippen molar-refractivity contribution in [2.45, 2.75) is 53.0 Å². The van der Waals surface area contributed by atoms with Crippen LogP contribution in [0.15, 0.2) is 36.0 Å². The summed E-state index contributed by atoms with van der Waals surface area (Å²) in [5.41, 5.74) is 4.79. The van der Waals surface area contributed by atoms with Crippen molar-refractivity contribution < 1.29 is 19.8 Å². The van der Waals surface area contributed by atoms with Gasteiger partial charge in [0, 0.05) is 11.6 Å². The van der Waals surface area contributed by atoms with Crippen LogP contribution in [0.3, 0.4) is 0 Å². The number of nitrogens with zero attached hydrogens (tertiary/aromatic N) is 2. The molecule has 0 spiro atoms. The number of nitrogens with one attached hydrogen (secondary N) is 2. The van der Waals surface area contributed by atoms with E-state index in [-0.39, 0.29) is 31.1 Å². The Kier molecular flexibility index (Phi) is 10.8. The molecule has 2 unspecified atom stereocenters. The molecule has 2 heterocycles. The second-order valence-corrected chi connectivity index (χ2v) is 6.84. The minimum Gasteiger partial charge on any atom is -0.367 e. The van der Waals surface area contributed by atoms with Crippen LogP contribution in [0.5, 0.6) is 0 Å². The van der Waals surface area contributed by atoms with E-state index in [2.05, 4.69) is 10.7 Å². The molecule has 1 aromatic rings. The minimum absolute atomic E-state index is 0.0208. The highest BCUT2D eigenvalue weighted by Crippen LogP contribution is 2.30. The summed E-state index contributed by atoms with van der Waals surface area (Å²) < 4.78 is 0. The average Bonchev–Trinajstić information content (AvgIpc) is 3.20. The number of halogens is 1. The number of rotatable bonds is 5. The summed E-state index contributed by atoms with van der Waals surface area (Å²) in [7, 11) is 0. The summed E-state index contributed by atoms with van der Waals surface area (Å²) in [6, 6.07) is 7.23. The number of carbonyl (C=O) groups is 2. The van der Waals surface area contributed by atoms with Gasteiger partial charge < -0.3 is 20.4 Å². The Balaban J connectivity index is 0.00000106. The molecule has 30 heavy (non-hydrogen) atoms. The number of hydrogen-bond acceptors (Lipinski definition) is 6. The first-order chi connectivity index (χ1) is 14.3. The maximum absolute atomic E-state index is 12.7. The SMILES string of the molecule is CC.CC.CC1CN(CC(=O)NCC(O)O)C(=O)C2=CC(c3ccc(Cl)cc3)NN21. The number of hydrogen-bond donors (Lipinski definition) is 4. The van der Waals surface area contributed by atoms with Crippen molar-refractivity contribution in [3.05, 3.63) is 46.6 Å². The molecule has 8 nitrogen and oxygen atoms in total. The van der Waals surface area contributed by atoms with E-state index in [0.717, 1.165) is 5.56 Å². The first kappa shape index (κ1) is 25.9. The number of amides is 2. The topological polar surface area (TPSA) is 105 Å². The molecule has 0 bridgehead atoms. The van der Waals surface area contributed by atoms with Crippen LogP contribution in [-0.2, 0) is 9.59 Å². The van der Waals surface area contributed by atoms with E-state index < -0.39 is 12.2 Å². The van der Waals surface area contributed by atoms with E-state index in [1.54, 1.807) is 12.1 Å². The summed E-state index contributed by atoms with van der Waals surface area (Å²) in [4.78, 5) is 26.1. The van der Waals surface area contributed by atoms with Gasteiger partial charge in [-0.05, 0) is 30.7 Å². The highest BCUT2D eigenvalue weighted by atomic mass is 35.5. The standard InChI is InChI=1S/C17H21ClN4O4.2C2H6/c1-10-8-21(9-15(23)19-7-16(24)25)17(26)14-6-13(20-22(10)14)11-2-4-12(18)5-3-11;2*1-2/h2-6,10,13,16,20,24-25H,7-9H2,1H3,(H,19,23);2*1-2H3. The first-order valence-electron chi connectivity index (χ1n) is 10.3. The molecule has 0 aliphatic carbocycles. The summed E-state index contributed by atoms with van der Waals surface area (Å²) in [5, 5.41) is 22.5. The number of benzene rings is 1. The maximum atomic E-state index is 12.7. The van der Waals surface area contributed by atoms with Crippen molar-refractivity contribution in [2.24, 2.45) is 0 Å². The lowest BCUT2D eigenvalue weighted by atomic mass is 10.1. The fraction of sp³-hybridized carbons (Fsp3) is 0.524. The minimum atomic E-state index is -1.62. The zero-order valence-corrected chi connectivity index (χ0v) is 19.0. The molecule has 1 saturated heterocycles. The van der Waals surface area contributed by atoms with Gasteiger partial charge in [0.05, 0.1) is 25.2 Å². The molecule has 1 aromatic carbocycles. The van der Waals surface area contributed by atoms with Crippen LogP contribution in [-0.4, -0.2) is 63.9 Å². The van der Waals surface area contributed by atoms with Crippen LogP contribution >= 0.6 is 11.6 Å². The van der Waals surface area contributed by atoms with Gasteiger partial charge in [-0.1, -0.05) is 51.4 Å². The van der Waals surface area contributed by atoms with Gasteiger partial charge in [-0.2, -0.15) is 0 Å². The van der Waals surface area contributed by atoms with Gasteiger partial charge in [0.2, 0.25) is 5.91 Å². The molecule has 2 aliphatic heterocycles. The molecule has 2 aliphatic rings. The Bertz CT molecular complexity index is 724. The van der Waals surface area contributed by atoms with Crippen molar-refractivity contribution in [1.82, 2.24) is 20.7 Å². The molecule has 2 amide bonds. The van der Waals surface area contributed by atoms with Crippen LogP contribution in [0.1, 0.15) is 46.2 Å². The van der Waals surface area contributed by atoms with Gasteiger partial charge in [-0.3, -0.25) is 14.6 Å². The van der Waals surface area contributed by atoms with E-state index in [9.17, 15) is 9.59 Å². The van der Waals surface area contributed by atoms with Gasteiger partial charge in [0.1, 0.15) is 5.70 Å². The van der Waals surface area contributed by atoms with Crippen LogP contribution in [0.2, 0.25) is 5.02 Å². The first-order valence-corrected chi connectivity index (χ1v) is 10.7. The molecule has 0 aromatic heterocycles. The summed E-state index contributed by atoms with van der Waals surface area (Å²) in [5.74, 6) is -0.681. The number of piperazine rings is 1. The predicted molar refractivity (Wildman–Crippen MR) is 117 cm³/mol. The van der Waals surface area contributed by atoms with Crippen molar-refractivity contribution >= 4 is 23.4 Å². The Morgan fingerprint density at radius 3 is 2.40 bits per heavy atom.